The van der Waals surface area contributed by atoms with Crippen LogP contribution in [0.3, 0.4) is 0 Å². The van der Waals surface area contributed by atoms with Crippen molar-refractivity contribution in [1.29, 1.82) is 0 Å². The molecule has 455 valence electrons. The molecule has 0 aromatic heterocycles. The second-order valence-electron chi connectivity index (χ2n) is 18.9. The van der Waals surface area contributed by atoms with Gasteiger partial charge in [-0.1, -0.05) is 131 Å². The molecule has 6 rings (SSSR count). The van der Waals surface area contributed by atoms with E-state index in [1.54, 1.807) is 34.1 Å². The molecule has 20 nitrogen and oxygen atoms in total. The third kappa shape index (κ3) is 27.2. The molecule has 0 radical (unpaired) electrons. The number of amides is 6. The molecule has 3 aromatic carbocycles. The number of nitrogens with two attached hydrogens (primary N) is 2. The number of fused-ring (bicyclic) bond motifs is 3. The summed E-state index contributed by atoms with van der Waals surface area (Å²) in [5.74, 6) is 4.66. The van der Waals surface area contributed by atoms with E-state index in [-0.39, 0.29) is 150 Å². The average molecular weight is 1540 g/mol. The number of carbonyl (C=O) groups excluding carboxylic acids is 6. The van der Waals surface area contributed by atoms with Gasteiger partial charge >= 0.3 is 108 Å². The van der Waals surface area contributed by atoms with E-state index in [2.05, 4.69) is 58.1 Å². The molecule has 25 heteroatoms. The fourth-order valence-electron chi connectivity index (χ4n) is 9.05. The van der Waals surface area contributed by atoms with Crippen LogP contribution in [0.4, 0.5) is 11.4 Å². The number of hydrogen-bond acceptors (Lipinski definition) is 15. The van der Waals surface area contributed by atoms with Crippen molar-refractivity contribution in [2.75, 3.05) is 54.9 Å². The molecule has 6 amide bonds. The summed E-state index contributed by atoms with van der Waals surface area (Å²) >= 11 is 2.35. The first-order chi connectivity index (χ1) is 40.5. The maximum atomic E-state index is 13.3. The van der Waals surface area contributed by atoms with Crippen LogP contribution in [0.2, 0.25) is 4.43 Å². The topological polar surface area (TPSA) is 302 Å². The number of unbranched alkanes of at least 4 members (excludes halogenated alkanes) is 6. The molecule has 3 aliphatic heterocycles. The van der Waals surface area contributed by atoms with E-state index in [4.69, 9.17) is 40.2 Å². The summed E-state index contributed by atoms with van der Waals surface area (Å²) in [5, 5.41) is 5.60. The van der Waals surface area contributed by atoms with E-state index in [1.807, 2.05) is 56.3 Å². The first kappa shape index (κ1) is 77.9. The Morgan fingerprint density at radius 3 is 1.96 bits per heavy atom. The molecular formula is C60H84CsHgN8O12P2S. The van der Waals surface area contributed by atoms with Crippen LogP contribution in [0.5, 0.6) is 0 Å². The Hall–Kier alpha value is -3.23. The smallest absolute Gasteiger partial charge is 1.00 e. The fraction of sp³-hybridized carbons (Fsp3) is 0.417. The van der Waals surface area contributed by atoms with E-state index in [1.165, 1.54) is 23.4 Å². The molecule has 0 fully saturated rings. The molecular weight excluding hydrogens is 1450 g/mol. The zero-order valence-electron chi connectivity index (χ0n) is 49.8. The molecule has 10 N–H and O–H groups in total. The van der Waals surface area contributed by atoms with Gasteiger partial charge in [-0.3, -0.25) is 33.7 Å². The van der Waals surface area contributed by atoms with E-state index in [9.17, 15) is 28.8 Å². The van der Waals surface area contributed by atoms with Crippen molar-refractivity contribution in [3.63, 3.8) is 0 Å². The van der Waals surface area contributed by atoms with Gasteiger partial charge in [-0.25, -0.2) is 0 Å². The summed E-state index contributed by atoms with van der Waals surface area (Å²) in [7, 11) is -5.73. The van der Waals surface area contributed by atoms with Crippen molar-refractivity contribution >= 4 is 86.7 Å². The summed E-state index contributed by atoms with van der Waals surface area (Å²) in [4.78, 5) is 117. The number of para-hydroxylation sites is 2. The number of nitrogens with one attached hydrogen (secondary N) is 2. The van der Waals surface area contributed by atoms with Crippen LogP contribution in [0, 0.1) is 0 Å². The Morgan fingerprint density at radius 1 is 0.741 bits per heavy atom. The van der Waals surface area contributed by atoms with Crippen LogP contribution in [-0.4, -0.2) is 111 Å². The molecule has 3 aromatic rings. The van der Waals surface area contributed by atoms with Crippen molar-refractivity contribution in [3.8, 4) is 0 Å². The van der Waals surface area contributed by atoms with Crippen molar-refractivity contribution in [2.45, 2.75) is 115 Å². The van der Waals surface area contributed by atoms with Gasteiger partial charge in [0.1, 0.15) is 0 Å². The monoisotopic (exact) mass is 1540 g/mol. The molecule has 0 atom stereocenters. The minimum atomic E-state index is -3.42. The van der Waals surface area contributed by atoms with Crippen molar-refractivity contribution in [2.24, 2.45) is 11.6 Å². The Bertz CT molecular complexity index is 2840. The normalized spacial score (nSPS) is 15.4. The summed E-state index contributed by atoms with van der Waals surface area (Å²) < 4.78 is 11.7. The number of allylic oxidation sites excluding steroid dienone is 1. The SMILES string of the molecule is C=C/C1=C(C=C)/C([N-]N)=C(/N)c2ccccc2N(C(=O)CCC(=O)NCCCCCCOP(=C)(O)O)C1.CC.O=C(CCN1C(=O)C=C(SCCCCCCOP(O)O)C1=O)NCCC(=O)N1Cc2ccccc2CCc2ccccc21.[CH3][Hg].[Cs+]. The van der Waals surface area contributed by atoms with Crippen molar-refractivity contribution in [1.82, 2.24) is 15.5 Å². The maximum Gasteiger partial charge on any atom is 1.00 e. The van der Waals surface area contributed by atoms with Crippen LogP contribution in [-0.2, 0) is 83.3 Å². The van der Waals surface area contributed by atoms with Gasteiger partial charge in [0.25, 0.3) is 11.8 Å². The summed E-state index contributed by atoms with van der Waals surface area (Å²) in [6.07, 6.45) is 16.0. The van der Waals surface area contributed by atoms with Crippen molar-refractivity contribution < 1.29 is 152 Å². The Labute approximate surface area is 582 Å². The summed E-state index contributed by atoms with van der Waals surface area (Å²) in [6.45, 7) is 13.5. The van der Waals surface area contributed by atoms with Crippen LogP contribution in [0.15, 0.2) is 126 Å². The minimum Gasteiger partial charge on any atom is 1.00 e. The van der Waals surface area contributed by atoms with Crippen LogP contribution < -0.4 is 101 Å². The molecule has 0 unspecified atom stereocenters. The van der Waals surface area contributed by atoms with Gasteiger partial charge in [-0.2, -0.15) is 0 Å². The number of rotatable bonds is 29. The van der Waals surface area contributed by atoms with Crippen LogP contribution in [0.25, 0.3) is 11.1 Å². The van der Waals surface area contributed by atoms with E-state index in [0.29, 0.717) is 70.6 Å². The number of benzene rings is 3. The van der Waals surface area contributed by atoms with Gasteiger partial charge < -0.3 is 66.1 Å². The molecule has 0 spiro atoms. The largest absolute Gasteiger partial charge is 1.00 e. The Kier molecular flexibility index (Phi) is 39.8. The molecule has 0 saturated carbocycles. The number of thioether (sulfide) groups is 1. The Balaban J connectivity index is 0.000000548. The van der Waals surface area contributed by atoms with Gasteiger partial charge in [0.05, 0.1) is 36.9 Å². The number of nitrogens with zero attached hydrogens (tertiary/aromatic N) is 4. The van der Waals surface area contributed by atoms with Gasteiger partial charge in [0, 0.05) is 68.3 Å². The second-order valence-corrected chi connectivity index (χ2v) is 22.4. The third-order valence-corrected chi connectivity index (χ3v) is 15.3. The van der Waals surface area contributed by atoms with E-state index < -0.39 is 22.1 Å². The standard InChI is InChI=1S/C31H38N3O7PS.C26H37N5O5P.C2H6.CH3.Cs.Hg/c35-28(16-18-33-30(37)21-27(31(33)38)43-20-8-2-1-7-19-41-42(39)40)32-17-15-29(36)34-22-25-11-4-3-9-23(25)13-14-24-10-5-6-12-26(24)34;1-4-19-18-31(22-13-9-8-12-21(22)25(27)26(30-28)20(19)5-2)24(33)15-14-23(32)29-16-10-6-7-11-17-36-37(3,34)35;1-2;;;/h3-6,9-12,21,39-40H,1-2,7-8,13-20,22H2,(H,32,35);4-5,8-9,12-13,34-35H,1-3,6-7,10-11,14-18,27-28H2,(H,29,32);1-2H3;1H3;;/q;-1;;;+1;/b;20-19-,26-25-;;;;. The zero-order valence-corrected chi connectivity index (χ0v) is 64.2. The predicted octanol–water partition coefficient (Wildman–Crippen LogP) is 5.83. The first-order valence-corrected chi connectivity index (χ1v) is 37.7. The average Bonchev–Trinajstić information content (AvgIpc) is 3.85. The van der Waals surface area contributed by atoms with Crippen molar-refractivity contribution in [3.05, 3.63) is 154 Å². The third-order valence-electron chi connectivity index (χ3n) is 13.2. The quantitative estimate of drug-likeness (QED) is 0.0101. The molecule has 0 aliphatic carbocycles. The van der Waals surface area contributed by atoms with Gasteiger partial charge in [-0.05, 0) is 90.5 Å². The first-order valence-electron chi connectivity index (χ1n) is 28.3. The molecule has 3 aliphatic rings. The molecule has 0 bridgehead atoms. The maximum absolute atomic E-state index is 13.3. The summed E-state index contributed by atoms with van der Waals surface area (Å²) in [5.41, 5.74) is 17.8. The van der Waals surface area contributed by atoms with Gasteiger partial charge in [0.15, 0.2) is 0 Å². The minimum absolute atomic E-state index is 0. The van der Waals surface area contributed by atoms with E-state index >= 15 is 0 Å². The number of hydrogen-bond donors (Lipinski definition) is 8. The van der Waals surface area contributed by atoms with Crippen LogP contribution >= 0.6 is 27.9 Å². The second kappa shape index (κ2) is 43.4. The number of carbonyl (C=O) groups is 6. The molecule has 0 saturated heterocycles. The fourth-order valence-corrected chi connectivity index (χ4v) is 10.7. The number of imide groups is 1. The summed E-state index contributed by atoms with van der Waals surface area (Å²) in [6, 6.07) is 23.3. The van der Waals surface area contributed by atoms with Gasteiger partial charge in [0.2, 0.25) is 31.2 Å². The number of aryl methyl sites for hydroxylation is 2. The van der Waals surface area contributed by atoms with E-state index in [0.717, 1.165) is 106 Å². The van der Waals surface area contributed by atoms with Crippen LogP contribution in [0.1, 0.15) is 113 Å². The number of anilines is 2. The Morgan fingerprint density at radius 2 is 1.31 bits per heavy atom. The molecule has 3 heterocycles. The zero-order chi connectivity index (χ0) is 62.0. The predicted molar refractivity (Wildman–Crippen MR) is 334 cm³/mol. The molecule has 85 heavy (non-hydrogen) atoms. The van der Waals surface area contributed by atoms with Gasteiger partial charge in [-0.15, -0.1) is 11.8 Å².